The zero-order valence-electron chi connectivity index (χ0n) is 17.0. The number of benzene rings is 2. The number of para-hydroxylation sites is 1. The first kappa shape index (κ1) is 21.0. The van der Waals surface area contributed by atoms with E-state index < -0.39 is 0 Å². The highest BCUT2D eigenvalue weighted by atomic mass is 16.5. The third-order valence-corrected chi connectivity index (χ3v) is 4.05. The number of nitrogens with zero attached hydrogens (tertiary/aromatic N) is 3. The van der Waals surface area contributed by atoms with Gasteiger partial charge >= 0.3 is 0 Å². The smallest absolute Gasteiger partial charge is 0.224 e. The summed E-state index contributed by atoms with van der Waals surface area (Å²) in [5.74, 6) is 2.17. The molecular weight excluding hydrogens is 348 g/mol. The van der Waals surface area contributed by atoms with Crippen LogP contribution in [-0.4, -0.2) is 17.1 Å². The van der Waals surface area contributed by atoms with Crippen LogP contribution in [0.2, 0.25) is 0 Å². The molecular formula is C23H28N4O. The van der Waals surface area contributed by atoms with Gasteiger partial charge in [0.1, 0.15) is 11.6 Å². The number of aryl methyl sites for hydroxylation is 1. The first-order valence-corrected chi connectivity index (χ1v) is 9.38. The van der Waals surface area contributed by atoms with Gasteiger partial charge in [0.05, 0.1) is 7.11 Å². The Kier molecular flexibility index (Phi) is 8.03. The maximum atomic E-state index is 5.18. The first-order chi connectivity index (χ1) is 13.7. The number of ether oxygens (including phenoxy) is 1. The molecule has 0 aliphatic carbocycles. The molecule has 0 bridgehead atoms. The van der Waals surface area contributed by atoms with Gasteiger partial charge in [-0.15, -0.1) is 0 Å². The lowest BCUT2D eigenvalue weighted by Crippen LogP contribution is -2.13. The molecule has 0 saturated carbocycles. The van der Waals surface area contributed by atoms with Gasteiger partial charge in [-0.25, -0.2) is 4.98 Å². The molecule has 1 N–H and O–H groups in total. The van der Waals surface area contributed by atoms with Gasteiger partial charge in [-0.3, -0.25) is 0 Å². The van der Waals surface area contributed by atoms with Crippen molar-refractivity contribution in [1.82, 2.24) is 9.97 Å². The van der Waals surface area contributed by atoms with Crippen molar-refractivity contribution >= 4 is 17.5 Å². The third kappa shape index (κ3) is 5.33. The van der Waals surface area contributed by atoms with Crippen LogP contribution >= 0.6 is 0 Å². The molecule has 146 valence electrons. The van der Waals surface area contributed by atoms with E-state index in [4.69, 9.17) is 4.74 Å². The predicted octanol–water partition coefficient (Wildman–Crippen LogP) is 5.71. The van der Waals surface area contributed by atoms with Crippen LogP contribution in [-0.2, 0) is 6.54 Å². The van der Waals surface area contributed by atoms with E-state index in [1.807, 2.05) is 67.3 Å². The summed E-state index contributed by atoms with van der Waals surface area (Å²) in [5.41, 5.74) is 3.32. The molecule has 3 rings (SSSR count). The van der Waals surface area contributed by atoms with Crippen molar-refractivity contribution in [3.63, 3.8) is 0 Å². The summed E-state index contributed by atoms with van der Waals surface area (Å²) in [7, 11) is 1.66. The molecule has 28 heavy (non-hydrogen) atoms. The van der Waals surface area contributed by atoms with Crippen LogP contribution in [0.15, 0.2) is 73.6 Å². The molecule has 0 spiro atoms. The van der Waals surface area contributed by atoms with Gasteiger partial charge in [-0.2, -0.15) is 4.98 Å². The number of methoxy groups -OCH3 is 1. The molecule has 0 atom stereocenters. The second-order valence-corrected chi connectivity index (χ2v) is 5.78. The fourth-order valence-corrected chi connectivity index (χ4v) is 2.64. The normalized spacial score (nSPS) is 9.71. The zero-order chi connectivity index (χ0) is 20.4. The predicted molar refractivity (Wildman–Crippen MR) is 117 cm³/mol. The second kappa shape index (κ2) is 10.7. The van der Waals surface area contributed by atoms with E-state index in [-0.39, 0.29) is 0 Å². The number of anilines is 3. The Bertz CT molecular complexity index is 878. The van der Waals surface area contributed by atoms with Gasteiger partial charge < -0.3 is 15.0 Å². The summed E-state index contributed by atoms with van der Waals surface area (Å²) in [5, 5.41) is 3.26. The highest BCUT2D eigenvalue weighted by Gasteiger charge is 2.10. The standard InChI is InChI=1S/C21H22N4O.C2H6/c1-4-25(19-8-6-5-7-16(19)2)20-13-14-22-21(24-20)23-15-17-9-11-18(26-3)12-10-17;1-2/h4-14H,1,15H2,2-3H3,(H,22,23,24);1-2H3. The zero-order valence-corrected chi connectivity index (χ0v) is 17.0. The van der Waals surface area contributed by atoms with Crippen molar-refractivity contribution in [3.8, 4) is 5.75 Å². The van der Waals surface area contributed by atoms with Crippen LogP contribution in [0.4, 0.5) is 17.5 Å². The van der Waals surface area contributed by atoms with Crippen molar-refractivity contribution < 1.29 is 4.74 Å². The van der Waals surface area contributed by atoms with Gasteiger partial charge in [0.15, 0.2) is 0 Å². The molecule has 5 heteroatoms. The Labute approximate surface area is 167 Å². The fourth-order valence-electron chi connectivity index (χ4n) is 2.64. The second-order valence-electron chi connectivity index (χ2n) is 5.78. The average Bonchev–Trinajstić information content (AvgIpc) is 2.76. The minimum Gasteiger partial charge on any atom is -0.497 e. The van der Waals surface area contributed by atoms with E-state index in [2.05, 4.69) is 34.9 Å². The molecule has 0 amide bonds. The van der Waals surface area contributed by atoms with Crippen molar-refractivity contribution in [3.05, 3.63) is 84.7 Å². The fraction of sp³-hybridized carbons (Fsp3) is 0.217. The summed E-state index contributed by atoms with van der Waals surface area (Å²) < 4.78 is 5.18. The van der Waals surface area contributed by atoms with E-state index in [1.165, 1.54) is 0 Å². The van der Waals surface area contributed by atoms with Crippen molar-refractivity contribution in [2.45, 2.75) is 27.3 Å². The molecule has 0 saturated heterocycles. The van der Waals surface area contributed by atoms with Crippen molar-refractivity contribution in [2.75, 3.05) is 17.3 Å². The van der Waals surface area contributed by atoms with Crippen molar-refractivity contribution in [2.24, 2.45) is 0 Å². The van der Waals surface area contributed by atoms with E-state index in [1.54, 1.807) is 19.5 Å². The first-order valence-electron chi connectivity index (χ1n) is 9.38. The molecule has 0 fully saturated rings. The number of nitrogens with one attached hydrogen (secondary N) is 1. The monoisotopic (exact) mass is 376 g/mol. The maximum absolute atomic E-state index is 5.18. The largest absolute Gasteiger partial charge is 0.497 e. The molecule has 1 heterocycles. The average molecular weight is 377 g/mol. The minimum atomic E-state index is 0.568. The molecule has 0 aliphatic rings. The number of rotatable bonds is 7. The quantitative estimate of drug-likeness (QED) is 0.572. The minimum absolute atomic E-state index is 0.568. The Morgan fingerprint density at radius 1 is 1.07 bits per heavy atom. The van der Waals surface area contributed by atoms with E-state index in [0.29, 0.717) is 12.5 Å². The lowest BCUT2D eigenvalue weighted by Gasteiger charge is -2.21. The van der Waals surface area contributed by atoms with Crippen LogP contribution < -0.4 is 15.0 Å². The Morgan fingerprint density at radius 3 is 2.43 bits per heavy atom. The number of hydrogen-bond donors (Lipinski definition) is 1. The summed E-state index contributed by atoms with van der Waals surface area (Å²) >= 11 is 0. The number of hydrogen-bond acceptors (Lipinski definition) is 5. The van der Waals surface area contributed by atoms with Gasteiger partial charge in [0.2, 0.25) is 5.95 Å². The SMILES string of the molecule is C=CN(c1ccnc(NCc2ccc(OC)cc2)n1)c1ccccc1C.CC. The highest BCUT2D eigenvalue weighted by molar-refractivity contribution is 5.66. The van der Waals surface area contributed by atoms with Gasteiger partial charge in [-0.05, 0) is 42.3 Å². The summed E-state index contributed by atoms with van der Waals surface area (Å²) in [6.07, 6.45) is 3.51. The summed E-state index contributed by atoms with van der Waals surface area (Å²) in [6, 6.07) is 17.9. The van der Waals surface area contributed by atoms with Gasteiger partial charge in [0, 0.05) is 24.6 Å². The molecule has 2 aromatic carbocycles. The van der Waals surface area contributed by atoms with E-state index >= 15 is 0 Å². The van der Waals surface area contributed by atoms with Crippen molar-refractivity contribution in [1.29, 1.82) is 0 Å². The lowest BCUT2D eigenvalue weighted by molar-refractivity contribution is 0.414. The van der Waals surface area contributed by atoms with Crippen LogP contribution in [0.3, 0.4) is 0 Å². The molecule has 0 aliphatic heterocycles. The lowest BCUT2D eigenvalue weighted by atomic mass is 10.2. The Hall–Kier alpha value is -3.34. The van der Waals surface area contributed by atoms with Gasteiger partial charge in [-0.1, -0.05) is 50.8 Å². The molecule has 3 aromatic rings. The maximum Gasteiger partial charge on any atom is 0.224 e. The molecule has 0 radical (unpaired) electrons. The Morgan fingerprint density at radius 2 is 1.79 bits per heavy atom. The van der Waals surface area contributed by atoms with E-state index in [0.717, 1.165) is 28.4 Å². The Balaban J connectivity index is 0.00000136. The van der Waals surface area contributed by atoms with Crippen LogP contribution in [0, 0.1) is 6.92 Å². The number of aromatic nitrogens is 2. The van der Waals surface area contributed by atoms with Crippen LogP contribution in [0.25, 0.3) is 0 Å². The highest BCUT2D eigenvalue weighted by Crippen LogP contribution is 2.27. The van der Waals surface area contributed by atoms with Gasteiger partial charge in [0.25, 0.3) is 0 Å². The van der Waals surface area contributed by atoms with Crippen LogP contribution in [0.1, 0.15) is 25.0 Å². The molecule has 1 aromatic heterocycles. The molecule has 0 unspecified atom stereocenters. The molecule has 5 nitrogen and oxygen atoms in total. The van der Waals surface area contributed by atoms with E-state index in [9.17, 15) is 0 Å². The third-order valence-electron chi connectivity index (χ3n) is 4.05. The summed E-state index contributed by atoms with van der Waals surface area (Å²) in [4.78, 5) is 10.9. The van der Waals surface area contributed by atoms with Crippen LogP contribution in [0.5, 0.6) is 5.75 Å². The topological polar surface area (TPSA) is 50.3 Å². The summed E-state index contributed by atoms with van der Waals surface area (Å²) in [6.45, 7) is 10.6.